The molecular weight excluding hydrogens is 586 g/mol. The molecule has 46 heavy (non-hydrogen) atoms. The van der Waals surface area contributed by atoms with E-state index < -0.39 is 42.0 Å². The number of pyridine rings is 1. The summed E-state index contributed by atoms with van der Waals surface area (Å²) in [5.74, 6) is -2.59. The molecule has 3 heterocycles. The van der Waals surface area contributed by atoms with Crippen molar-refractivity contribution in [3.05, 3.63) is 102 Å². The van der Waals surface area contributed by atoms with Crippen molar-refractivity contribution in [3.63, 3.8) is 0 Å². The second kappa shape index (κ2) is 15.3. The lowest BCUT2D eigenvalue weighted by Gasteiger charge is -2.38. The Morgan fingerprint density at radius 2 is 1.43 bits per heavy atom. The zero-order valence-corrected chi connectivity index (χ0v) is 25.5. The first kappa shape index (κ1) is 32.3. The summed E-state index contributed by atoms with van der Waals surface area (Å²) in [5, 5.41) is 18.1. The minimum absolute atomic E-state index is 0.121. The lowest BCUT2D eigenvalue weighted by Crippen LogP contribution is -2.60. The Kier molecular flexibility index (Phi) is 10.7. The predicted octanol–water partition coefficient (Wildman–Crippen LogP) is 2.19. The number of nitrogens with one attached hydrogen (secondary N) is 3. The van der Waals surface area contributed by atoms with E-state index >= 15 is 0 Å². The van der Waals surface area contributed by atoms with Gasteiger partial charge in [-0.1, -0.05) is 60.7 Å². The van der Waals surface area contributed by atoms with Gasteiger partial charge >= 0.3 is 5.97 Å². The van der Waals surface area contributed by atoms with E-state index in [0.29, 0.717) is 32.1 Å². The van der Waals surface area contributed by atoms with Crippen molar-refractivity contribution in [1.29, 1.82) is 0 Å². The predicted molar refractivity (Wildman–Crippen MR) is 169 cm³/mol. The van der Waals surface area contributed by atoms with E-state index in [0.717, 1.165) is 16.7 Å². The van der Waals surface area contributed by atoms with Gasteiger partial charge in [-0.3, -0.25) is 29.0 Å². The summed E-state index contributed by atoms with van der Waals surface area (Å²) in [6, 6.07) is 18.7. The number of benzene rings is 2. The first-order valence-electron chi connectivity index (χ1n) is 15.7. The van der Waals surface area contributed by atoms with Crippen molar-refractivity contribution in [2.24, 2.45) is 0 Å². The number of hydrogen-bond acceptors (Lipinski definition) is 6. The molecule has 2 aliphatic rings. The van der Waals surface area contributed by atoms with Crippen LogP contribution >= 0.6 is 0 Å². The quantitative estimate of drug-likeness (QED) is 0.227. The smallest absolute Gasteiger partial charge is 0.305 e. The van der Waals surface area contributed by atoms with Gasteiger partial charge in [-0.25, -0.2) is 0 Å². The number of fused-ring (bicyclic) bond motifs is 1. The van der Waals surface area contributed by atoms with E-state index in [-0.39, 0.29) is 37.1 Å². The summed E-state index contributed by atoms with van der Waals surface area (Å²) in [7, 11) is 0. The maximum atomic E-state index is 13.8. The monoisotopic (exact) mass is 625 g/mol. The fraction of sp³-hybridized carbons (Fsp3) is 0.371. The molecule has 2 aromatic carbocycles. The van der Waals surface area contributed by atoms with Gasteiger partial charge in [-0.15, -0.1) is 0 Å². The lowest BCUT2D eigenvalue weighted by molar-refractivity contribution is -0.146. The molecule has 0 saturated carbocycles. The number of carboxylic acid groups (broad SMARTS) is 1. The van der Waals surface area contributed by atoms with Crippen LogP contribution in [0.4, 0.5) is 0 Å². The van der Waals surface area contributed by atoms with E-state index in [4.69, 9.17) is 0 Å². The Morgan fingerprint density at radius 3 is 2.11 bits per heavy atom. The lowest BCUT2D eigenvalue weighted by atomic mass is 9.97. The number of rotatable bonds is 13. The Morgan fingerprint density at radius 1 is 0.804 bits per heavy atom. The highest BCUT2D eigenvalue weighted by Gasteiger charge is 2.46. The van der Waals surface area contributed by atoms with Crippen LogP contribution in [0.2, 0.25) is 0 Å². The molecule has 0 spiro atoms. The number of aromatic nitrogens is 1. The van der Waals surface area contributed by atoms with Gasteiger partial charge in [0.2, 0.25) is 23.6 Å². The molecule has 1 aromatic heterocycles. The Bertz CT molecular complexity index is 1520. The van der Waals surface area contributed by atoms with Gasteiger partial charge in [0, 0.05) is 30.9 Å². The van der Waals surface area contributed by atoms with Crippen LogP contribution < -0.4 is 16.0 Å². The van der Waals surface area contributed by atoms with Crippen molar-refractivity contribution in [2.75, 3.05) is 0 Å². The van der Waals surface area contributed by atoms with Gasteiger partial charge in [0.25, 0.3) is 0 Å². The standard InChI is InChI=1S/C35H39N5O6/c41-31(21-24-9-5-2-6-10-24)38-28-13-11-27-12-14-30(40(27)35(28)46)34(45)39-29(20-25-15-17-36-18-16-25)33(44)37-26(22-32(42)43)19-23-7-3-1-4-8-23/h1-10,15-18,26-30H,11-14,19-22H2,(H,37,44)(H,38,41)(H,39,45)(H,42,43)/t26-,27+,28?,29+,30+/m1/s1. The second-order valence-corrected chi connectivity index (χ2v) is 12.0. The second-order valence-electron chi connectivity index (χ2n) is 12.0. The average Bonchev–Trinajstić information content (AvgIpc) is 3.48. The number of nitrogens with zero attached hydrogens (tertiary/aromatic N) is 2. The Labute approximate surface area is 267 Å². The normalized spacial score (nSPS) is 20.2. The molecule has 5 atom stereocenters. The molecule has 2 saturated heterocycles. The maximum absolute atomic E-state index is 13.8. The fourth-order valence-electron chi connectivity index (χ4n) is 6.40. The molecule has 1 unspecified atom stereocenters. The van der Waals surface area contributed by atoms with Crippen molar-refractivity contribution in [3.8, 4) is 0 Å². The number of carboxylic acids is 1. The van der Waals surface area contributed by atoms with Crippen molar-refractivity contribution in [2.45, 2.75) is 81.6 Å². The van der Waals surface area contributed by atoms with E-state index in [1.165, 1.54) is 0 Å². The van der Waals surface area contributed by atoms with Gasteiger partial charge in [0.05, 0.1) is 12.8 Å². The minimum Gasteiger partial charge on any atom is -0.481 e. The molecule has 3 aromatic rings. The Balaban J connectivity index is 1.28. The van der Waals surface area contributed by atoms with E-state index in [2.05, 4.69) is 20.9 Å². The number of carbonyl (C=O) groups is 5. The third-order valence-electron chi connectivity index (χ3n) is 8.60. The number of hydrogen-bond donors (Lipinski definition) is 4. The van der Waals surface area contributed by atoms with Crippen LogP contribution in [0.5, 0.6) is 0 Å². The largest absolute Gasteiger partial charge is 0.481 e. The molecule has 4 amide bonds. The molecule has 2 aliphatic heterocycles. The third-order valence-corrected chi connectivity index (χ3v) is 8.60. The summed E-state index contributed by atoms with van der Waals surface area (Å²) in [5.41, 5.74) is 2.47. The molecule has 0 radical (unpaired) electrons. The van der Waals surface area contributed by atoms with Crippen molar-refractivity contribution < 1.29 is 29.1 Å². The maximum Gasteiger partial charge on any atom is 0.305 e. The first-order chi connectivity index (χ1) is 22.3. The van der Waals surface area contributed by atoms with Gasteiger partial charge in [0.1, 0.15) is 18.1 Å². The highest BCUT2D eigenvalue weighted by Crippen LogP contribution is 2.33. The topological polar surface area (TPSA) is 158 Å². The van der Waals surface area contributed by atoms with E-state index in [1.807, 2.05) is 60.7 Å². The summed E-state index contributed by atoms with van der Waals surface area (Å²) in [6.45, 7) is 0. The summed E-state index contributed by atoms with van der Waals surface area (Å²) in [6.07, 6.45) is 5.73. The van der Waals surface area contributed by atoms with Crippen LogP contribution in [0.25, 0.3) is 0 Å². The molecule has 4 N–H and O–H groups in total. The van der Waals surface area contributed by atoms with Gasteiger partial charge in [-0.2, -0.15) is 0 Å². The van der Waals surface area contributed by atoms with Crippen LogP contribution in [0.3, 0.4) is 0 Å². The molecule has 11 heteroatoms. The molecule has 240 valence electrons. The number of carbonyl (C=O) groups excluding carboxylic acids is 4. The number of amides is 4. The zero-order valence-electron chi connectivity index (χ0n) is 25.5. The van der Waals surface area contributed by atoms with E-state index in [1.54, 1.807) is 29.4 Å². The average molecular weight is 626 g/mol. The first-order valence-corrected chi connectivity index (χ1v) is 15.7. The van der Waals surface area contributed by atoms with Crippen LogP contribution in [-0.2, 0) is 43.2 Å². The van der Waals surface area contributed by atoms with Crippen LogP contribution in [0.1, 0.15) is 48.8 Å². The zero-order chi connectivity index (χ0) is 32.5. The molecule has 2 fully saturated rings. The van der Waals surface area contributed by atoms with Gasteiger partial charge in [-0.05, 0) is 60.9 Å². The van der Waals surface area contributed by atoms with Crippen LogP contribution in [-0.4, -0.2) is 74.8 Å². The van der Waals surface area contributed by atoms with Crippen LogP contribution in [0.15, 0.2) is 85.2 Å². The molecular formula is C35H39N5O6. The van der Waals surface area contributed by atoms with E-state index in [9.17, 15) is 29.1 Å². The van der Waals surface area contributed by atoms with Crippen molar-refractivity contribution in [1.82, 2.24) is 25.8 Å². The van der Waals surface area contributed by atoms with Crippen molar-refractivity contribution >= 4 is 29.6 Å². The summed E-state index contributed by atoms with van der Waals surface area (Å²) >= 11 is 0. The highest BCUT2D eigenvalue weighted by atomic mass is 16.4. The summed E-state index contributed by atoms with van der Waals surface area (Å²) in [4.78, 5) is 71.1. The molecule has 0 bridgehead atoms. The fourth-order valence-corrected chi connectivity index (χ4v) is 6.40. The molecule has 11 nitrogen and oxygen atoms in total. The summed E-state index contributed by atoms with van der Waals surface area (Å²) < 4.78 is 0. The molecule has 0 aliphatic carbocycles. The Hall–Kier alpha value is -5.06. The van der Waals surface area contributed by atoms with Crippen LogP contribution in [0, 0.1) is 0 Å². The highest BCUT2D eigenvalue weighted by molar-refractivity contribution is 5.95. The SMILES string of the molecule is O=C(O)C[C@@H](Cc1ccccc1)NC(=O)[C@H](Cc1ccncc1)NC(=O)[C@@H]1CC[C@@H]2CCC(NC(=O)Cc3ccccc3)C(=O)N21. The molecule has 5 rings (SSSR count). The minimum atomic E-state index is -1.05. The van der Waals surface area contributed by atoms with Gasteiger partial charge in [0.15, 0.2) is 0 Å². The third kappa shape index (κ3) is 8.56. The van der Waals surface area contributed by atoms with Gasteiger partial charge < -0.3 is 26.0 Å². The number of aliphatic carboxylic acids is 1. The number of piperidine rings is 1.